The van der Waals surface area contributed by atoms with E-state index in [1.165, 1.54) is 0 Å². The molecule has 3 rings (SSSR count). The minimum absolute atomic E-state index is 0.234. The van der Waals surface area contributed by atoms with Crippen molar-refractivity contribution in [3.63, 3.8) is 0 Å². The van der Waals surface area contributed by atoms with Crippen molar-refractivity contribution >= 4 is 17.8 Å². The molecule has 1 unspecified atom stereocenters. The van der Waals surface area contributed by atoms with Crippen LogP contribution >= 0.6 is 7.14 Å². The first kappa shape index (κ1) is 11.4. The maximum Gasteiger partial charge on any atom is 0.231 e. The third kappa shape index (κ3) is 1.81. The molecule has 0 saturated carbocycles. The molecule has 0 fully saturated rings. The number of rotatable bonds is 2. The smallest absolute Gasteiger partial charge is 0.231 e. The van der Waals surface area contributed by atoms with Crippen LogP contribution in [0, 0.1) is 0 Å². The standard InChI is InChI=1S/C14H13O3P/c1-18(15,11-5-3-2-4-6-11)12-7-8-13-14(9-12)17-10-16-13/h2-9H,10H2,1H3. The lowest BCUT2D eigenvalue weighted by molar-refractivity contribution is 0.174. The Bertz CT molecular complexity index is 622. The van der Waals surface area contributed by atoms with E-state index in [-0.39, 0.29) is 6.79 Å². The molecule has 2 aromatic carbocycles. The second kappa shape index (κ2) is 4.18. The molecule has 0 spiro atoms. The summed E-state index contributed by atoms with van der Waals surface area (Å²) < 4.78 is 23.5. The van der Waals surface area contributed by atoms with Gasteiger partial charge in [-0.05, 0) is 24.9 Å². The molecular weight excluding hydrogens is 247 g/mol. The number of hydrogen-bond acceptors (Lipinski definition) is 3. The van der Waals surface area contributed by atoms with Crippen LogP contribution in [0.1, 0.15) is 0 Å². The Kier molecular flexibility index (Phi) is 2.64. The summed E-state index contributed by atoms with van der Waals surface area (Å²) in [6, 6.07) is 15.0. The fourth-order valence-corrected chi connectivity index (χ4v) is 3.77. The Balaban J connectivity index is 2.07. The average Bonchev–Trinajstić information content (AvgIpc) is 2.87. The number of ether oxygens (including phenoxy) is 2. The fourth-order valence-electron chi connectivity index (χ4n) is 2.01. The van der Waals surface area contributed by atoms with Crippen molar-refractivity contribution in [2.24, 2.45) is 0 Å². The van der Waals surface area contributed by atoms with Crippen LogP contribution in [-0.2, 0) is 4.57 Å². The summed E-state index contributed by atoms with van der Waals surface area (Å²) >= 11 is 0. The molecule has 0 aliphatic carbocycles. The van der Waals surface area contributed by atoms with Gasteiger partial charge in [-0.1, -0.05) is 30.3 Å². The van der Waals surface area contributed by atoms with E-state index in [4.69, 9.17) is 9.47 Å². The monoisotopic (exact) mass is 260 g/mol. The van der Waals surface area contributed by atoms with Gasteiger partial charge in [0.15, 0.2) is 11.5 Å². The van der Waals surface area contributed by atoms with E-state index in [9.17, 15) is 4.57 Å². The first-order valence-corrected chi connectivity index (χ1v) is 7.87. The van der Waals surface area contributed by atoms with Crippen molar-refractivity contribution in [3.8, 4) is 11.5 Å². The van der Waals surface area contributed by atoms with E-state index in [0.29, 0.717) is 11.5 Å². The van der Waals surface area contributed by atoms with E-state index >= 15 is 0 Å². The van der Waals surface area contributed by atoms with Crippen molar-refractivity contribution in [1.29, 1.82) is 0 Å². The summed E-state index contributed by atoms with van der Waals surface area (Å²) in [5, 5.41) is 1.64. The summed E-state index contributed by atoms with van der Waals surface area (Å²) in [6.07, 6.45) is 0. The minimum Gasteiger partial charge on any atom is -0.454 e. The second-order valence-corrected chi connectivity index (χ2v) is 7.18. The van der Waals surface area contributed by atoms with Gasteiger partial charge in [-0.2, -0.15) is 0 Å². The maximum absolute atomic E-state index is 12.9. The van der Waals surface area contributed by atoms with Gasteiger partial charge in [0.25, 0.3) is 0 Å². The van der Waals surface area contributed by atoms with Gasteiger partial charge in [0.1, 0.15) is 7.14 Å². The predicted octanol–water partition coefficient (Wildman–Crippen LogP) is 2.36. The summed E-state index contributed by atoms with van der Waals surface area (Å²) in [5.41, 5.74) is 0. The molecule has 0 radical (unpaired) electrons. The van der Waals surface area contributed by atoms with Gasteiger partial charge < -0.3 is 14.0 Å². The SMILES string of the molecule is CP(=O)(c1ccccc1)c1ccc2c(c1)OCO2. The molecule has 1 atom stereocenters. The van der Waals surface area contributed by atoms with Gasteiger partial charge in [-0.25, -0.2) is 0 Å². The van der Waals surface area contributed by atoms with Crippen LogP contribution in [0.5, 0.6) is 11.5 Å². The normalized spacial score (nSPS) is 16.3. The molecule has 1 aliphatic heterocycles. The zero-order valence-corrected chi connectivity index (χ0v) is 10.9. The summed E-state index contributed by atoms with van der Waals surface area (Å²) in [6.45, 7) is 2.01. The first-order chi connectivity index (χ1) is 8.68. The third-order valence-corrected chi connectivity index (χ3v) is 5.64. The Labute approximate surface area is 106 Å². The first-order valence-electron chi connectivity index (χ1n) is 5.71. The van der Waals surface area contributed by atoms with E-state index in [1.54, 1.807) is 6.66 Å². The molecule has 3 nitrogen and oxygen atoms in total. The lowest BCUT2D eigenvalue weighted by atomic mass is 10.3. The molecule has 1 aliphatic rings. The van der Waals surface area contributed by atoms with Crippen molar-refractivity contribution in [1.82, 2.24) is 0 Å². The van der Waals surface area contributed by atoms with Gasteiger partial charge in [0.2, 0.25) is 6.79 Å². The van der Waals surface area contributed by atoms with Gasteiger partial charge in [0, 0.05) is 10.6 Å². The van der Waals surface area contributed by atoms with Crippen LogP contribution in [0.3, 0.4) is 0 Å². The van der Waals surface area contributed by atoms with Gasteiger partial charge >= 0.3 is 0 Å². The zero-order chi connectivity index (χ0) is 12.6. The van der Waals surface area contributed by atoms with Gasteiger partial charge in [-0.15, -0.1) is 0 Å². The molecule has 0 bridgehead atoms. The third-order valence-electron chi connectivity index (χ3n) is 3.10. The molecular formula is C14H13O3P. The highest BCUT2D eigenvalue weighted by Crippen LogP contribution is 2.42. The molecule has 1 heterocycles. The average molecular weight is 260 g/mol. The van der Waals surface area contributed by atoms with E-state index in [2.05, 4.69) is 0 Å². The van der Waals surface area contributed by atoms with Crippen LogP contribution in [0.4, 0.5) is 0 Å². The fraction of sp³-hybridized carbons (Fsp3) is 0.143. The Hall–Kier alpha value is -1.73. The van der Waals surface area contributed by atoms with Crippen LogP contribution in [0.2, 0.25) is 0 Å². The molecule has 0 aromatic heterocycles. The lowest BCUT2D eigenvalue weighted by Gasteiger charge is -2.14. The summed E-state index contributed by atoms with van der Waals surface area (Å²) in [4.78, 5) is 0. The number of hydrogen-bond donors (Lipinski definition) is 0. The Morgan fingerprint density at radius 1 is 0.944 bits per heavy atom. The summed E-state index contributed by atoms with van der Waals surface area (Å²) in [5.74, 6) is 1.39. The minimum atomic E-state index is -2.56. The Morgan fingerprint density at radius 2 is 1.67 bits per heavy atom. The number of benzene rings is 2. The molecule has 4 heteroatoms. The topological polar surface area (TPSA) is 35.5 Å². The Morgan fingerprint density at radius 3 is 2.44 bits per heavy atom. The zero-order valence-electron chi connectivity index (χ0n) is 10.00. The maximum atomic E-state index is 12.9. The largest absolute Gasteiger partial charge is 0.454 e. The highest BCUT2D eigenvalue weighted by Gasteiger charge is 2.24. The summed E-state index contributed by atoms with van der Waals surface area (Å²) in [7, 11) is -2.56. The van der Waals surface area contributed by atoms with E-state index < -0.39 is 7.14 Å². The highest BCUT2D eigenvalue weighted by atomic mass is 31.2. The molecule has 0 amide bonds. The van der Waals surface area contributed by atoms with Crippen LogP contribution in [0.15, 0.2) is 48.5 Å². The van der Waals surface area contributed by atoms with Crippen molar-refractivity contribution in [2.45, 2.75) is 0 Å². The van der Waals surface area contributed by atoms with Crippen molar-refractivity contribution < 1.29 is 14.0 Å². The van der Waals surface area contributed by atoms with Crippen LogP contribution in [0.25, 0.3) is 0 Å². The van der Waals surface area contributed by atoms with Gasteiger partial charge in [0.05, 0.1) is 0 Å². The lowest BCUT2D eigenvalue weighted by Crippen LogP contribution is -2.14. The quantitative estimate of drug-likeness (QED) is 0.777. The number of fused-ring (bicyclic) bond motifs is 1. The molecule has 2 aromatic rings. The molecule has 0 N–H and O–H groups in total. The van der Waals surface area contributed by atoms with Crippen molar-refractivity contribution in [2.75, 3.05) is 13.5 Å². The van der Waals surface area contributed by atoms with Crippen LogP contribution in [-0.4, -0.2) is 13.5 Å². The van der Waals surface area contributed by atoms with E-state index in [1.807, 2.05) is 48.5 Å². The molecule has 92 valence electrons. The van der Waals surface area contributed by atoms with Crippen LogP contribution < -0.4 is 20.1 Å². The molecule has 0 saturated heterocycles. The van der Waals surface area contributed by atoms with Crippen molar-refractivity contribution in [3.05, 3.63) is 48.5 Å². The van der Waals surface area contributed by atoms with Gasteiger partial charge in [-0.3, -0.25) is 0 Å². The predicted molar refractivity (Wildman–Crippen MR) is 71.8 cm³/mol. The van der Waals surface area contributed by atoms with E-state index in [0.717, 1.165) is 10.6 Å². The second-order valence-electron chi connectivity index (χ2n) is 4.30. The highest BCUT2D eigenvalue weighted by molar-refractivity contribution is 7.78. The molecule has 18 heavy (non-hydrogen) atoms.